The van der Waals surface area contributed by atoms with E-state index in [1.54, 1.807) is 55.4 Å². The molecule has 5 nitrogen and oxygen atoms in total. The molecule has 20 heavy (non-hydrogen) atoms. The summed E-state index contributed by atoms with van der Waals surface area (Å²) in [5, 5.41) is 7.29. The summed E-state index contributed by atoms with van der Waals surface area (Å²) in [4.78, 5) is 11.8. The quantitative estimate of drug-likeness (QED) is 0.881. The number of methoxy groups -OCH3 is 1. The van der Waals surface area contributed by atoms with E-state index in [-0.39, 0.29) is 5.91 Å². The fraction of sp³-hybridized carbons (Fsp3) is 0.143. The van der Waals surface area contributed by atoms with Crippen molar-refractivity contribution in [2.75, 3.05) is 12.4 Å². The molecule has 1 aromatic carbocycles. The average Bonchev–Trinajstić information content (AvgIpc) is 2.82. The van der Waals surface area contributed by atoms with E-state index in [1.165, 1.54) is 6.08 Å². The van der Waals surface area contributed by atoms with E-state index in [2.05, 4.69) is 10.4 Å². The minimum atomic E-state index is -0.272. The van der Waals surface area contributed by atoms with Crippen molar-refractivity contribution in [1.82, 2.24) is 9.78 Å². The molecule has 0 aliphatic rings. The zero-order chi connectivity index (χ0) is 14.5. The first-order valence-electron chi connectivity index (χ1n) is 5.91. The van der Waals surface area contributed by atoms with Gasteiger partial charge in [-0.1, -0.05) is 11.6 Å². The fourth-order valence-electron chi connectivity index (χ4n) is 1.65. The standard InChI is InChI=1S/C14H14ClN3O2/c1-18-8-7-13(17-18)16-14(19)6-3-10-9-11(15)4-5-12(10)20-2/h3-9H,1-2H3,(H,16,17,19)/b6-3+. The Morgan fingerprint density at radius 3 is 2.90 bits per heavy atom. The number of carbonyl (C=O) groups excluding carboxylic acids is 1. The smallest absolute Gasteiger partial charge is 0.249 e. The highest BCUT2D eigenvalue weighted by atomic mass is 35.5. The van der Waals surface area contributed by atoms with Gasteiger partial charge in [-0.3, -0.25) is 9.48 Å². The molecule has 2 rings (SSSR count). The topological polar surface area (TPSA) is 56.1 Å². The number of aryl methyl sites for hydroxylation is 1. The van der Waals surface area contributed by atoms with E-state index >= 15 is 0 Å². The molecule has 0 fully saturated rings. The lowest BCUT2D eigenvalue weighted by atomic mass is 10.2. The molecule has 0 saturated carbocycles. The predicted molar refractivity (Wildman–Crippen MR) is 78.9 cm³/mol. The van der Waals surface area contributed by atoms with Gasteiger partial charge in [0, 0.05) is 36.0 Å². The minimum Gasteiger partial charge on any atom is -0.496 e. The second kappa shape index (κ2) is 6.25. The van der Waals surface area contributed by atoms with Crippen LogP contribution in [-0.4, -0.2) is 22.8 Å². The summed E-state index contributed by atoms with van der Waals surface area (Å²) < 4.78 is 6.81. The van der Waals surface area contributed by atoms with Crippen molar-refractivity contribution in [3.05, 3.63) is 47.1 Å². The number of ether oxygens (including phenoxy) is 1. The number of rotatable bonds is 4. The molecule has 1 heterocycles. The van der Waals surface area contributed by atoms with Crippen molar-refractivity contribution < 1.29 is 9.53 Å². The first-order valence-corrected chi connectivity index (χ1v) is 6.28. The Hall–Kier alpha value is -2.27. The van der Waals surface area contributed by atoms with Crippen LogP contribution in [-0.2, 0) is 11.8 Å². The monoisotopic (exact) mass is 291 g/mol. The Labute approximate surface area is 121 Å². The number of hydrogen-bond donors (Lipinski definition) is 1. The zero-order valence-corrected chi connectivity index (χ0v) is 11.9. The van der Waals surface area contributed by atoms with Gasteiger partial charge in [0.15, 0.2) is 5.82 Å². The lowest BCUT2D eigenvalue weighted by molar-refractivity contribution is -0.111. The molecular formula is C14H14ClN3O2. The molecule has 6 heteroatoms. The van der Waals surface area contributed by atoms with E-state index in [9.17, 15) is 4.79 Å². The highest BCUT2D eigenvalue weighted by Crippen LogP contribution is 2.23. The molecular weight excluding hydrogens is 278 g/mol. The number of nitrogens with zero attached hydrogens (tertiary/aromatic N) is 2. The second-order valence-corrected chi connectivity index (χ2v) is 4.52. The Kier molecular flexibility index (Phi) is 4.42. The van der Waals surface area contributed by atoms with Gasteiger partial charge in [-0.15, -0.1) is 0 Å². The number of amides is 1. The SMILES string of the molecule is COc1ccc(Cl)cc1/C=C/C(=O)Nc1ccn(C)n1. The first-order chi connectivity index (χ1) is 9.58. The predicted octanol–water partition coefficient (Wildman–Crippen LogP) is 2.73. The third kappa shape index (κ3) is 3.61. The number of nitrogens with one attached hydrogen (secondary N) is 1. The van der Waals surface area contributed by atoms with E-state index in [1.807, 2.05) is 0 Å². The van der Waals surface area contributed by atoms with Crippen molar-refractivity contribution in [2.45, 2.75) is 0 Å². The lowest BCUT2D eigenvalue weighted by Gasteiger charge is -2.04. The third-order valence-electron chi connectivity index (χ3n) is 2.57. The summed E-state index contributed by atoms with van der Waals surface area (Å²) in [6, 6.07) is 6.92. The molecule has 0 bridgehead atoms. The van der Waals surface area contributed by atoms with Crippen LogP contribution in [0.2, 0.25) is 5.02 Å². The van der Waals surface area contributed by atoms with Gasteiger partial charge in [0.05, 0.1) is 7.11 Å². The number of carbonyl (C=O) groups is 1. The molecule has 104 valence electrons. The number of aromatic nitrogens is 2. The highest BCUT2D eigenvalue weighted by molar-refractivity contribution is 6.30. The molecule has 1 N–H and O–H groups in total. The first kappa shape index (κ1) is 14.1. The number of anilines is 1. The summed E-state index contributed by atoms with van der Waals surface area (Å²) in [5.41, 5.74) is 0.733. The molecule has 0 radical (unpaired) electrons. The van der Waals surface area contributed by atoms with Gasteiger partial charge in [0.1, 0.15) is 5.75 Å². The van der Waals surface area contributed by atoms with Crippen molar-refractivity contribution >= 4 is 29.4 Å². The second-order valence-electron chi connectivity index (χ2n) is 4.08. The van der Waals surface area contributed by atoms with Gasteiger partial charge in [0.25, 0.3) is 0 Å². The zero-order valence-electron chi connectivity index (χ0n) is 11.1. The maximum absolute atomic E-state index is 11.8. The normalized spacial score (nSPS) is 10.8. The Bertz CT molecular complexity index is 650. The van der Waals surface area contributed by atoms with Crippen LogP contribution in [0.1, 0.15) is 5.56 Å². The molecule has 1 aromatic heterocycles. The maximum atomic E-state index is 11.8. The highest BCUT2D eigenvalue weighted by Gasteiger charge is 2.03. The van der Waals surface area contributed by atoms with Gasteiger partial charge in [-0.25, -0.2) is 0 Å². The molecule has 0 aliphatic heterocycles. The van der Waals surface area contributed by atoms with Gasteiger partial charge in [-0.05, 0) is 24.3 Å². The van der Waals surface area contributed by atoms with Crippen LogP contribution in [0.3, 0.4) is 0 Å². The Balaban J connectivity index is 2.09. The van der Waals surface area contributed by atoms with Gasteiger partial charge < -0.3 is 10.1 Å². The molecule has 0 saturated heterocycles. The molecule has 1 amide bonds. The van der Waals surface area contributed by atoms with Crippen LogP contribution in [0, 0.1) is 0 Å². The molecule has 0 spiro atoms. The minimum absolute atomic E-state index is 0.272. The van der Waals surface area contributed by atoms with E-state index < -0.39 is 0 Å². The average molecular weight is 292 g/mol. The van der Waals surface area contributed by atoms with Crippen LogP contribution >= 0.6 is 11.6 Å². The number of halogens is 1. The summed E-state index contributed by atoms with van der Waals surface area (Å²) in [6.07, 6.45) is 4.80. The van der Waals surface area contributed by atoms with Crippen LogP contribution in [0.5, 0.6) is 5.75 Å². The van der Waals surface area contributed by atoms with E-state index in [4.69, 9.17) is 16.3 Å². The van der Waals surface area contributed by atoms with E-state index in [0.717, 1.165) is 5.56 Å². The lowest BCUT2D eigenvalue weighted by Crippen LogP contribution is -2.08. The van der Waals surface area contributed by atoms with Gasteiger partial charge >= 0.3 is 0 Å². The van der Waals surface area contributed by atoms with Gasteiger partial charge in [0.2, 0.25) is 5.91 Å². The largest absolute Gasteiger partial charge is 0.496 e. The van der Waals surface area contributed by atoms with Crippen molar-refractivity contribution in [2.24, 2.45) is 7.05 Å². The Morgan fingerprint density at radius 2 is 2.25 bits per heavy atom. The number of benzene rings is 1. The molecule has 2 aromatic rings. The van der Waals surface area contributed by atoms with Crippen LogP contribution in [0.25, 0.3) is 6.08 Å². The van der Waals surface area contributed by atoms with Crippen molar-refractivity contribution in [3.63, 3.8) is 0 Å². The summed E-state index contributed by atoms with van der Waals surface area (Å²) in [6.45, 7) is 0. The number of hydrogen-bond acceptors (Lipinski definition) is 3. The summed E-state index contributed by atoms with van der Waals surface area (Å²) in [7, 11) is 3.34. The molecule has 0 unspecified atom stereocenters. The van der Waals surface area contributed by atoms with Crippen LogP contribution in [0.15, 0.2) is 36.5 Å². The maximum Gasteiger partial charge on any atom is 0.249 e. The van der Waals surface area contributed by atoms with Crippen LogP contribution in [0.4, 0.5) is 5.82 Å². The van der Waals surface area contributed by atoms with Gasteiger partial charge in [-0.2, -0.15) is 5.10 Å². The van der Waals surface area contributed by atoms with Crippen molar-refractivity contribution in [3.8, 4) is 5.75 Å². The fourth-order valence-corrected chi connectivity index (χ4v) is 1.83. The van der Waals surface area contributed by atoms with E-state index in [0.29, 0.717) is 16.6 Å². The summed E-state index contributed by atoms with van der Waals surface area (Å²) >= 11 is 5.92. The third-order valence-corrected chi connectivity index (χ3v) is 2.81. The summed E-state index contributed by atoms with van der Waals surface area (Å²) in [5.74, 6) is 0.877. The van der Waals surface area contributed by atoms with Crippen molar-refractivity contribution in [1.29, 1.82) is 0 Å². The molecule has 0 atom stereocenters. The van der Waals surface area contributed by atoms with Crippen LogP contribution < -0.4 is 10.1 Å². The Morgan fingerprint density at radius 1 is 1.45 bits per heavy atom. The molecule has 0 aliphatic carbocycles.